The third-order valence-electron chi connectivity index (χ3n) is 4.22. The van der Waals surface area contributed by atoms with Gasteiger partial charge in [0.15, 0.2) is 12.3 Å². The van der Waals surface area contributed by atoms with E-state index in [-0.39, 0.29) is 36.3 Å². The summed E-state index contributed by atoms with van der Waals surface area (Å²) in [7, 11) is 1.52. The topological polar surface area (TPSA) is 120 Å². The van der Waals surface area contributed by atoms with Gasteiger partial charge in [0, 0.05) is 32.9 Å². The quantitative estimate of drug-likeness (QED) is 0.558. The number of aromatic nitrogens is 2. The van der Waals surface area contributed by atoms with Gasteiger partial charge in [0.25, 0.3) is 11.5 Å². The second kappa shape index (κ2) is 10.6. The second-order valence-electron chi connectivity index (χ2n) is 7.14. The van der Waals surface area contributed by atoms with E-state index < -0.39 is 29.6 Å². The number of nitrogen functional groups attached to an aromatic ring is 1. The number of nitrogens with two attached hydrogens (primary N) is 1. The minimum atomic E-state index is -0.769. The minimum Gasteiger partial charge on any atom is -0.484 e. The zero-order valence-corrected chi connectivity index (χ0v) is 17.3. The van der Waals surface area contributed by atoms with Gasteiger partial charge in [-0.2, -0.15) is 0 Å². The fourth-order valence-electron chi connectivity index (χ4n) is 2.89. The highest BCUT2D eigenvalue weighted by molar-refractivity contribution is 5.96. The van der Waals surface area contributed by atoms with Crippen molar-refractivity contribution in [2.45, 2.75) is 26.8 Å². The van der Waals surface area contributed by atoms with Crippen LogP contribution in [0.4, 0.5) is 15.9 Å². The molecule has 3 N–H and O–H groups in total. The number of nitrogens with zero attached hydrogens (tertiary/aromatic N) is 2. The molecule has 0 radical (unpaired) electrons. The SMILES string of the molecule is COCCCN(C(=O)COc1cccc(F)c1)c1c(N)n(CC(C)C)c(=O)[nH]c1=O. The standard InChI is InChI=1S/C20H27FN4O5/c1-13(2)11-25-18(22)17(19(27)23-20(25)28)24(8-5-9-29-3)16(26)12-30-15-7-4-6-14(21)10-15/h4,6-7,10,13H,5,8-9,11-12,22H2,1-3H3,(H,23,27,28). The summed E-state index contributed by atoms with van der Waals surface area (Å²) >= 11 is 0. The molecule has 0 saturated carbocycles. The Balaban J connectivity index is 2.37. The van der Waals surface area contributed by atoms with E-state index in [1.54, 1.807) is 0 Å². The molecular weight excluding hydrogens is 395 g/mol. The number of anilines is 2. The number of nitrogens with one attached hydrogen (secondary N) is 1. The smallest absolute Gasteiger partial charge is 0.330 e. The van der Waals surface area contributed by atoms with Crippen molar-refractivity contribution in [3.63, 3.8) is 0 Å². The molecule has 30 heavy (non-hydrogen) atoms. The maximum Gasteiger partial charge on any atom is 0.330 e. The van der Waals surface area contributed by atoms with Crippen molar-refractivity contribution in [2.24, 2.45) is 5.92 Å². The van der Waals surface area contributed by atoms with Gasteiger partial charge in [-0.15, -0.1) is 0 Å². The van der Waals surface area contributed by atoms with Gasteiger partial charge >= 0.3 is 5.69 Å². The highest BCUT2D eigenvalue weighted by Crippen LogP contribution is 2.19. The predicted molar refractivity (Wildman–Crippen MR) is 111 cm³/mol. The van der Waals surface area contributed by atoms with Gasteiger partial charge in [-0.3, -0.25) is 19.1 Å². The van der Waals surface area contributed by atoms with Crippen LogP contribution < -0.4 is 26.6 Å². The van der Waals surface area contributed by atoms with Gasteiger partial charge in [0.05, 0.1) is 0 Å². The number of carbonyl (C=O) groups is 1. The summed E-state index contributed by atoms with van der Waals surface area (Å²) in [6.45, 7) is 4.08. The van der Waals surface area contributed by atoms with E-state index in [9.17, 15) is 18.8 Å². The monoisotopic (exact) mass is 422 g/mol. The molecule has 1 aromatic carbocycles. The molecule has 0 bridgehead atoms. The first-order valence-corrected chi connectivity index (χ1v) is 9.54. The van der Waals surface area contributed by atoms with Crippen molar-refractivity contribution in [2.75, 3.05) is 37.5 Å². The summed E-state index contributed by atoms with van der Waals surface area (Å²) in [6.07, 6.45) is 0.421. The first-order valence-electron chi connectivity index (χ1n) is 9.54. The Morgan fingerprint density at radius 1 is 1.33 bits per heavy atom. The number of halogens is 1. The number of H-pyrrole nitrogens is 1. The summed E-state index contributed by atoms with van der Waals surface area (Å²) < 4.78 is 25.0. The first kappa shape index (κ1) is 23.1. The molecule has 1 aromatic heterocycles. The molecule has 0 fully saturated rings. The Hall–Kier alpha value is -3.14. The molecule has 9 nitrogen and oxygen atoms in total. The second-order valence-corrected chi connectivity index (χ2v) is 7.14. The Morgan fingerprint density at radius 2 is 2.07 bits per heavy atom. The molecule has 1 heterocycles. The maximum atomic E-state index is 13.3. The van der Waals surface area contributed by atoms with Crippen LogP contribution in [0.2, 0.25) is 0 Å². The third kappa shape index (κ3) is 5.93. The van der Waals surface area contributed by atoms with E-state index >= 15 is 0 Å². The maximum absolute atomic E-state index is 13.3. The van der Waals surface area contributed by atoms with E-state index in [1.807, 2.05) is 13.8 Å². The van der Waals surface area contributed by atoms with Crippen LogP contribution in [0.25, 0.3) is 0 Å². The average Bonchev–Trinajstić information content (AvgIpc) is 2.68. The van der Waals surface area contributed by atoms with Crippen LogP contribution in [0.1, 0.15) is 20.3 Å². The van der Waals surface area contributed by atoms with Gasteiger partial charge in [-0.05, 0) is 24.5 Å². The average molecular weight is 422 g/mol. The summed E-state index contributed by atoms with van der Waals surface area (Å²) in [5.41, 5.74) is 4.59. The molecule has 2 rings (SSSR count). The number of rotatable bonds is 10. The molecule has 0 unspecified atom stereocenters. The van der Waals surface area contributed by atoms with Gasteiger partial charge < -0.3 is 20.1 Å². The van der Waals surface area contributed by atoms with Crippen LogP contribution >= 0.6 is 0 Å². The molecule has 0 aliphatic rings. The van der Waals surface area contributed by atoms with E-state index in [2.05, 4.69) is 4.98 Å². The largest absolute Gasteiger partial charge is 0.484 e. The van der Waals surface area contributed by atoms with Crippen LogP contribution in [-0.2, 0) is 16.1 Å². The number of hydrogen-bond acceptors (Lipinski definition) is 6. The van der Waals surface area contributed by atoms with E-state index in [0.29, 0.717) is 13.0 Å². The predicted octanol–water partition coefficient (Wildman–Crippen LogP) is 1.36. The van der Waals surface area contributed by atoms with Gasteiger partial charge in [-0.25, -0.2) is 9.18 Å². The van der Waals surface area contributed by atoms with Crippen molar-refractivity contribution in [3.8, 4) is 5.75 Å². The molecule has 0 aliphatic heterocycles. The Bertz CT molecular complexity index is 986. The number of hydrogen-bond donors (Lipinski definition) is 2. The normalized spacial score (nSPS) is 11.0. The third-order valence-corrected chi connectivity index (χ3v) is 4.22. The van der Waals surface area contributed by atoms with E-state index in [0.717, 1.165) is 6.07 Å². The lowest BCUT2D eigenvalue weighted by Crippen LogP contribution is -2.43. The molecular formula is C20H27FN4O5. The number of methoxy groups -OCH3 is 1. The Labute approximate surface area is 173 Å². The first-order chi connectivity index (χ1) is 14.2. The van der Waals surface area contributed by atoms with Crippen molar-refractivity contribution in [1.82, 2.24) is 9.55 Å². The summed E-state index contributed by atoms with van der Waals surface area (Å²) in [5.74, 6) is -0.917. The lowest BCUT2D eigenvalue weighted by atomic mass is 10.2. The lowest BCUT2D eigenvalue weighted by molar-refractivity contribution is -0.120. The Morgan fingerprint density at radius 3 is 2.70 bits per heavy atom. The van der Waals surface area contributed by atoms with Crippen molar-refractivity contribution >= 4 is 17.4 Å². The molecule has 2 aromatic rings. The number of carbonyl (C=O) groups excluding carboxylic acids is 1. The number of aromatic amines is 1. The fraction of sp³-hybridized carbons (Fsp3) is 0.450. The minimum absolute atomic E-state index is 0.0812. The van der Waals surface area contributed by atoms with Gasteiger partial charge in [0.1, 0.15) is 17.4 Å². The molecule has 164 valence electrons. The van der Waals surface area contributed by atoms with E-state index in [4.69, 9.17) is 15.2 Å². The molecule has 0 atom stereocenters. The summed E-state index contributed by atoms with van der Waals surface area (Å²) in [5, 5.41) is 0. The van der Waals surface area contributed by atoms with Crippen LogP contribution in [0.5, 0.6) is 5.75 Å². The van der Waals surface area contributed by atoms with Crippen LogP contribution in [-0.4, -0.2) is 42.3 Å². The number of ether oxygens (including phenoxy) is 2. The fourth-order valence-corrected chi connectivity index (χ4v) is 2.89. The lowest BCUT2D eigenvalue weighted by Gasteiger charge is -2.25. The number of amides is 1. The highest BCUT2D eigenvalue weighted by Gasteiger charge is 2.24. The van der Waals surface area contributed by atoms with Crippen LogP contribution in [0.3, 0.4) is 0 Å². The molecule has 1 amide bonds. The number of benzene rings is 1. The molecule has 10 heteroatoms. The molecule has 0 aliphatic carbocycles. The zero-order valence-electron chi connectivity index (χ0n) is 17.3. The van der Waals surface area contributed by atoms with Crippen molar-refractivity contribution < 1.29 is 18.7 Å². The van der Waals surface area contributed by atoms with Gasteiger partial charge in [-0.1, -0.05) is 19.9 Å². The van der Waals surface area contributed by atoms with Crippen molar-refractivity contribution in [3.05, 3.63) is 50.9 Å². The highest BCUT2D eigenvalue weighted by atomic mass is 19.1. The Kier molecular flexibility index (Phi) is 8.16. The molecule has 0 saturated heterocycles. The van der Waals surface area contributed by atoms with Gasteiger partial charge in [0.2, 0.25) is 0 Å². The molecule has 0 spiro atoms. The van der Waals surface area contributed by atoms with E-state index in [1.165, 1.54) is 34.8 Å². The van der Waals surface area contributed by atoms with Crippen molar-refractivity contribution in [1.29, 1.82) is 0 Å². The summed E-state index contributed by atoms with van der Waals surface area (Å²) in [4.78, 5) is 41.0. The zero-order chi connectivity index (χ0) is 22.3. The summed E-state index contributed by atoms with van der Waals surface area (Å²) in [6, 6.07) is 5.36. The van der Waals surface area contributed by atoms with Crippen LogP contribution in [0.15, 0.2) is 33.9 Å². The van der Waals surface area contributed by atoms with Crippen LogP contribution in [0, 0.1) is 11.7 Å².